The van der Waals surface area contributed by atoms with Crippen molar-refractivity contribution in [3.63, 3.8) is 0 Å². The molecule has 1 atom stereocenters. The number of nitrogens with one attached hydrogen (secondary N) is 1. The summed E-state index contributed by atoms with van der Waals surface area (Å²) in [6.45, 7) is 3.81. The smallest absolute Gasteiger partial charge is 0.329 e. The molecule has 1 fully saturated rings. The minimum absolute atomic E-state index is 0.0770. The van der Waals surface area contributed by atoms with Crippen molar-refractivity contribution in [2.75, 3.05) is 24.6 Å². The summed E-state index contributed by atoms with van der Waals surface area (Å²) in [5, 5.41) is 10.8. The molecule has 1 saturated heterocycles. The topological polar surface area (TPSA) is 105 Å². The SMILES string of the molecule is Cc1ccccc1OC[C@H](O)Cn1c(N2CCCCCC2)nc2c1c(=O)[nH]c(=O)n2C. The Bertz CT molecular complexity index is 1170. The number of aromatic nitrogens is 4. The Morgan fingerprint density at radius 3 is 2.58 bits per heavy atom. The van der Waals surface area contributed by atoms with Gasteiger partial charge < -0.3 is 19.3 Å². The van der Waals surface area contributed by atoms with Crippen LogP contribution in [0.2, 0.25) is 0 Å². The average molecular weight is 428 g/mol. The minimum Gasteiger partial charge on any atom is -0.491 e. The van der Waals surface area contributed by atoms with E-state index in [4.69, 9.17) is 4.74 Å². The first-order valence-electron chi connectivity index (χ1n) is 10.8. The molecule has 4 rings (SSSR count). The first-order valence-corrected chi connectivity index (χ1v) is 10.8. The summed E-state index contributed by atoms with van der Waals surface area (Å²) in [5.41, 5.74) is 0.586. The zero-order valence-corrected chi connectivity index (χ0v) is 18.0. The van der Waals surface area contributed by atoms with Gasteiger partial charge >= 0.3 is 5.69 Å². The fraction of sp³-hybridized carbons (Fsp3) is 0.500. The Morgan fingerprint density at radius 1 is 1.16 bits per heavy atom. The molecule has 166 valence electrons. The van der Waals surface area contributed by atoms with Crippen molar-refractivity contribution < 1.29 is 9.84 Å². The van der Waals surface area contributed by atoms with E-state index in [-0.39, 0.29) is 18.7 Å². The van der Waals surface area contributed by atoms with E-state index < -0.39 is 17.4 Å². The number of aryl methyl sites for hydroxylation is 2. The van der Waals surface area contributed by atoms with E-state index in [1.54, 1.807) is 11.6 Å². The molecule has 1 aliphatic rings. The van der Waals surface area contributed by atoms with Crippen molar-refractivity contribution in [1.82, 2.24) is 19.1 Å². The van der Waals surface area contributed by atoms with Gasteiger partial charge in [0.2, 0.25) is 5.95 Å². The van der Waals surface area contributed by atoms with Gasteiger partial charge in [0.15, 0.2) is 11.2 Å². The number of aromatic amines is 1. The van der Waals surface area contributed by atoms with Crippen LogP contribution in [0.3, 0.4) is 0 Å². The standard InChI is InChI=1S/C22H29N5O4/c1-15-9-5-6-10-17(15)31-14-16(28)13-27-18-19(25(2)22(30)24-20(18)29)23-21(27)26-11-7-3-4-8-12-26/h5-6,9-10,16,28H,3-4,7-8,11-14H2,1-2H3,(H,24,29,30)/t16-/m1/s1. The molecule has 0 radical (unpaired) electrons. The van der Waals surface area contributed by atoms with Gasteiger partial charge in [-0.05, 0) is 31.4 Å². The van der Waals surface area contributed by atoms with Crippen molar-refractivity contribution >= 4 is 17.1 Å². The number of benzene rings is 1. The number of rotatable bonds is 6. The first kappa shape index (κ1) is 21.2. The van der Waals surface area contributed by atoms with Crippen LogP contribution in [0.5, 0.6) is 5.75 Å². The Balaban J connectivity index is 1.68. The third-order valence-corrected chi connectivity index (χ3v) is 5.79. The molecule has 0 aliphatic carbocycles. The Hall–Kier alpha value is -3.07. The van der Waals surface area contributed by atoms with Crippen LogP contribution in [0.1, 0.15) is 31.2 Å². The summed E-state index contributed by atoms with van der Waals surface area (Å²) < 4.78 is 8.86. The molecule has 2 aromatic heterocycles. The molecule has 0 bridgehead atoms. The molecule has 9 heteroatoms. The van der Waals surface area contributed by atoms with Crippen LogP contribution >= 0.6 is 0 Å². The molecular formula is C22H29N5O4. The number of aliphatic hydroxyl groups excluding tert-OH is 1. The Morgan fingerprint density at radius 2 is 1.87 bits per heavy atom. The summed E-state index contributed by atoms with van der Waals surface area (Å²) in [5.74, 6) is 1.32. The third kappa shape index (κ3) is 4.36. The maximum Gasteiger partial charge on any atom is 0.329 e. The number of aliphatic hydroxyl groups is 1. The van der Waals surface area contributed by atoms with Gasteiger partial charge in [-0.1, -0.05) is 31.0 Å². The van der Waals surface area contributed by atoms with Crippen LogP contribution in [-0.4, -0.2) is 50.0 Å². The number of fused-ring (bicyclic) bond motifs is 1. The monoisotopic (exact) mass is 427 g/mol. The number of H-pyrrole nitrogens is 1. The van der Waals surface area contributed by atoms with Crippen LogP contribution < -0.4 is 20.9 Å². The summed E-state index contributed by atoms with van der Waals surface area (Å²) in [4.78, 5) is 33.9. The molecule has 1 aromatic carbocycles. The quantitative estimate of drug-likeness (QED) is 0.618. The van der Waals surface area contributed by atoms with E-state index >= 15 is 0 Å². The summed E-state index contributed by atoms with van der Waals surface area (Å²) in [6, 6.07) is 7.62. The Kier molecular flexibility index (Phi) is 6.13. The molecule has 0 spiro atoms. The molecule has 9 nitrogen and oxygen atoms in total. The number of ether oxygens (including phenoxy) is 1. The van der Waals surface area contributed by atoms with Crippen molar-refractivity contribution in [2.24, 2.45) is 7.05 Å². The fourth-order valence-electron chi connectivity index (χ4n) is 4.08. The van der Waals surface area contributed by atoms with Crippen LogP contribution in [0.15, 0.2) is 33.9 Å². The highest BCUT2D eigenvalue weighted by Gasteiger charge is 2.24. The van der Waals surface area contributed by atoms with Crippen LogP contribution in [0.4, 0.5) is 5.95 Å². The molecule has 31 heavy (non-hydrogen) atoms. The van der Waals surface area contributed by atoms with E-state index in [9.17, 15) is 14.7 Å². The lowest BCUT2D eigenvalue weighted by molar-refractivity contribution is 0.0933. The van der Waals surface area contributed by atoms with Crippen LogP contribution in [-0.2, 0) is 13.6 Å². The van der Waals surface area contributed by atoms with Gasteiger partial charge in [-0.3, -0.25) is 14.3 Å². The van der Waals surface area contributed by atoms with Crippen molar-refractivity contribution in [3.05, 3.63) is 50.7 Å². The predicted octanol–water partition coefficient (Wildman–Crippen LogP) is 1.55. The van der Waals surface area contributed by atoms with Crippen molar-refractivity contribution in [1.29, 1.82) is 0 Å². The second-order valence-electron chi connectivity index (χ2n) is 8.14. The lowest BCUT2D eigenvalue weighted by Gasteiger charge is -2.23. The fourth-order valence-corrected chi connectivity index (χ4v) is 4.08. The van der Waals surface area contributed by atoms with Crippen LogP contribution in [0.25, 0.3) is 11.2 Å². The number of hydrogen-bond donors (Lipinski definition) is 2. The molecule has 0 amide bonds. The van der Waals surface area contributed by atoms with Gasteiger partial charge in [-0.2, -0.15) is 4.98 Å². The van der Waals surface area contributed by atoms with Crippen LogP contribution in [0, 0.1) is 6.92 Å². The number of nitrogens with zero attached hydrogens (tertiary/aromatic N) is 4. The number of imidazole rings is 1. The molecule has 0 unspecified atom stereocenters. The molecule has 0 saturated carbocycles. The second kappa shape index (κ2) is 8.97. The van der Waals surface area contributed by atoms with Crippen molar-refractivity contribution in [2.45, 2.75) is 45.3 Å². The lowest BCUT2D eigenvalue weighted by Crippen LogP contribution is -2.32. The first-order chi connectivity index (χ1) is 15.0. The molecular weight excluding hydrogens is 398 g/mol. The van der Waals surface area contributed by atoms with Gasteiger partial charge in [-0.25, -0.2) is 4.79 Å². The van der Waals surface area contributed by atoms with E-state index in [2.05, 4.69) is 14.9 Å². The Labute approximate surface area is 179 Å². The van der Waals surface area contributed by atoms with Gasteiger partial charge in [0.25, 0.3) is 5.56 Å². The molecule has 3 aromatic rings. The maximum absolute atomic E-state index is 12.7. The lowest BCUT2D eigenvalue weighted by atomic mass is 10.2. The number of para-hydroxylation sites is 1. The predicted molar refractivity (Wildman–Crippen MR) is 119 cm³/mol. The molecule has 2 N–H and O–H groups in total. The van der Waals surface area contributed by atoms with Gasteiger partial charge in [-0.15, -0.1) is 0 Å². The molecule has 1 aliphatic heterocycles. The second-order valence-corrected chi connectivity index (χ2v) is 8.14. The highest BCUT2D eigenvalue weighted by molar-refractivity contribution is 5.74. The summed E-state index contributed by atoms with van der Waals surface area (Å²) in [6.07, 6.45) is 3.53. The highest BCUT2D eigenvalue weighted by atomic mass is 16.5. The van der Waals surface area contributed by atoms with E-state index in [0.29, 0.717) is 17.3 Å². The van der Waals surface area contributed by atoms with E-state index in [0.717, 1.165) is 44.3 Å². The minimum atomic E-state index is -0.862. The zero-order chi connectivity index (χ0) is 22.0. The van der Waals surface area contributed by atoms with Gasteiger partial charge in [0.05, 0.1) is 6.54 Å². The van der Waals surface area contributed by atoms with Crippen molar-refractivity contribution in [3.8, 4) is 5.75 Å². The van der Waals surface area contributed by atoms with E-state index in [1.807, 2.05) is 31.2 Å². The number of hydrogen-bond acceptors (Lipinski definition) is 6. The summed E-state index contributed by atoms with van der Waals surface area (Å²) >= 11 is 0. The van der Waals surface area contributed by atoms with Gasteiger partial charge in [0.1, 0.15) is 18.5 Å². The normalized spacial score (nSPS) is 15.8. The average Bonchev–Trinajstić information content (AvgIpc) is 2.92. The molecule has 3 heterocycles. The van der Waals surface area contributed by atoms with E-state index in [1.165, 1.54) is 4.57 Å². The zero-order valence-electron chi connectivity index (χ0n) is 18.0. The third-order valence-electron chi connectivity index (χ3n) is 5.79. The summed E-state index contributed by atoms with van der Waals surface area (Å²) in [7, 11) is 1.59. The number of anilines is 1. The maximum atomic E-state index is 12.7. The highest BCUT2D eigenvalue weighted by Crippen LogP contribution is 2.23. The van der Waals surface area contributed by atoms with Gasteiger partial charge in [0, 0.05) is 20.1 Å². The largest absolute Gasteiger partial charge is 0.491 e.